The Balaban J connectivity index is 2.06. The van der Waals surface area contributed by atoms with Crippen molar-refractivity contribution < 1.29 is 14.3 Å². The Hall–Kier alpha value is -1.42. The van der Waals surface area contributed by atoms with Crippen LogP contribution in [0.4, 0.5) is 4.39 Å². The number of halogens is 1. The van der Waals surface area contributed by atoms with Crippen LogP contribution >= 0.6 is 0 Å². The minimum absolute atomic E-state index is 0.0726. The van der Waals surface area contributed by atoms with Gasteiger partial charge >= 0.3 is 0 Å². The highest BCUT2D eigenvalue weighted by molar-refractivity contribution is 6.00. The highest BCUT2D eigenvalue weighted by Gasteiger charge is 2.28. The molecule has 2 rings (SSSR count). The summed E-state index contributed by atoms with van der Waals surface area (Å²) in [7, 11) is 0. The van der Waals surface area contributed by atoms with Crippen molar-refractivity contribution in [1.29, 1.82) is 0 Å². The van der Waals surface area contributed by atoms with Gasteiger partial charge in [0.15, 0.2) is 5.78 Å². The number of carbonyl (C=O) groups is 1. The maximum atomic E-state index is 13.1. The SMILES string of the molecule is CC1(C)CCCN(CC(=O)c2cc(F)ccc2O)C1. The molecule has 0 unspecified atom stereocenters. The molecule has 3 nitrogen and oxygen atoms in total. The number of rotatable bonds is 3. The van der Waals surface area contributed by atoms with Gasteiger partial charge in [-0.15, -0.1) is 0 Å². The summed E-state index contributed by atoms with van der Waals surface area (Å²) in [5.74, 6) is -0.877. The normalized spacial score (nSPS) is 19.3. The van der Waals surface area contributed by atoms with Crippen molar-refractivity contribution in [3.8, 4) is 5.75 Å². The lowest BCUT2D eigenvalue weighted by atomic mass is 9.84. The number of hydrogen-bond donors (Lipinski definition) is 1. The molecule has 0 amide bonds. The molecule has 1 saturated heterocycles. The van der Waals surface area contributed by atoms with E-state index < -0.39 is 5.82 Å². The molecule has 4 heteroatoms. The van der Waals surface area contributed by atoms with Crippen molar-refractivity contribution in [1.82, 2.24) is 4.90 Å². The van der Waals surface area contributed by atoms with E-state index in [1.807, 2.05) is 0 Å². The third kappa shape index (κ3) is 3.53. The molecule has 0 aliphatic carbocycles. The molecular weight excluding hydrogens is 245 g/mol. The van der Waals surface area contributed by atoms with Crippen molar-refractivity contribution in [2.24, 2.45) is 5.41 Å². The molecule has 0 radical (unpaired) electrons. The Labute approximate surface area is 113 Å². The fourth-order valence-corrected chi connectivity index (χ4v) is 2.70. The Morgan fingerprint density at radius 1 is 1.47 bits per heavy atom. The van der Waals surface area contributed by atoms with E-state index in [4.69, 9.17) is 0 Å². The number of likely N-dealkylation sites (tertiary alicyclic amines) is 1. The van der Waals surface area contributed by atoms with Crippen LogP contribution in [0.25, 0.3) is 0 Å². The number of ketones is 1. The summed E-state index contributed by atoms with van der Waals surface area (Å²) in [5.41, 5.74) is 0.283. The second-order valence-electron chi connectivity index (χ2n) is 6.06. The van der Waals surface area contributed by atoms with Crippen molar-refractivity contribution in [3.63, 3.8) is 0 Å². The molecule has 1 aromatic carbocycles. The molecule has 1 aliphatic rings. The molecule has 0 aromatic heterocycles. The quantitative estimate of drug-likeness (QED) is 0.854. The summed E-state index contributed by atoms with van der Waals surface area (Å²) >= 11 is 0. The number of hydrogen-bond acceptors (Lipinski definition) is 3. The van der Waals surface area contributed by atoms with E-state index in [1.165, 1.54) is 6.07 Å². The molecule has 1 aliphatic heterocycles. The summed E-state index contributed by atoms with van der Waals surface area (Å²) < 4.78 is 13.1. The standard InChI is InChI=1S/C15H20FNO2/c1-15(2)6-3-7-17(10-15)9-14(19)12-8-11(16)4-5-13(12)18/h4-5,8,18H,3,6-7,9-10H2,1-2H3. The summed E-state index contributed by atoms with van der Waals surface area (Å²) in [5, 5.41) is 9.63. The van der Waals surface area contributed by atoms with Crippen LogP contribution in [0.15, 0.2) is 18.2 Å². The van der Waals surface area contributed by atoms with Crippen LogP contribution in [0, 0.1) is 11.2 Å². The predicted molar refractivity (Wildman–Crippen MR) is 71.9 cm³/mol. The number of piperidine rings is 1. The molecule has 0 saturated carbocycles. The number of phenols is 1. The van der Waals surface area contributed by atoms with Gasteiger partial charge in [0.1, 0.15) is 11.6 Å². The van der Waals surface area contributed by atoms with Crippen LogP contribution in [-0.2, 0) is 0 Å². The van der Waals surface area contributed by atoms with Gasteiger partial charge in [-0.05, 0) is 43.0 Å². The van der Waals surface area contributed by atoms with Crippen LogP contribution < -0.4 is 0 Å². The van der Waals surface area contributed by atoms with E-state index >= 15 is 0 Å². The van der Waals surface area contributed by atoms with E-state index in [-0.39, 0.29) is 29.1 Å². The predicted octanol–water partition coefficient (Wildman–Crippen LogP) is 2.84. The highest BCUT2D eigenvalue weighted by Crippen LogP contribution is 2.28. The minimum Gasteiger partial charge on any atom is -0.507 e. The minimum atomic E-state index is -0.500. The first-order valence-corrected chi connectivity index (χ1v) is 6.61. The Kier molecular flexibility index (Phi) is 3.90. The van der Waals surface area contributed by atoms with E-state index in [0.29, 0.717) is 0 Å². The molecule has 1 heterocycles. The molecule has 1 N–H and O–H groups in total. The number of aromatic hydroxyl groups is 1. The number of benzene rings is 1. The first-order chi connectivity index (χ1) is 8.87. The number of carbonyl (C=O) groups excluding carboxylic acids is 1. The van der Waals surface area contributed by atoms with Gasteiger partial charge < -0.3 is 5.11 Å². The van der Waals surface area contributed by atoms with Gasteiger partial charge in [-0.3, -0.25) is 9.69 Å². The number of Topliss-reactive ketones (excluding diaryl/α,β-unsaturated/α-hetero) is 1. The smallest absolute Gasteiger partial charge is 0.180 e. The average molecular weight is 265 g/mol. The maximum Gasteiger partial charge on any atom is 0.180 e. The molecule has 0 atom stereocenters. The average Bonchev–Trinajstić information content (AvgIpc) is 2.31. The third-order valence-electron chi connectivity index (χ3n) is 3.61. The number of phenolic OH excluding ortho intramolecular Hbond substituents is 1. The zero-order valence-electron chi connectivity index (χ0n) is 11.4. The molecule has 0 bridgehead atoms. The van der Waals surface area contributed by atoms with Crippen molar-refractivity contribution >= 4 is 5.78 Å². The largest absolute Gasteiger partial charge is 0.507 e. The fourth-order valence-electron chi connectivity index (χ4n) is 2.70. The first-order valence-electron chi connectivity index (χ1n) is 6.61. The van der Waals surface area contributed by atoms with Crippen molar-refractivity contribution in [2.45, 2.75) is 26.7 Å². The van der Waals surface area contributed by atoms with E-state index in [9.17, 15) is 14.3 Å². The zero-order chi connectivity index (χ0) is 14.0. The molecule has 1 aromatic rings. The summed E-state index contributed by atoms with van der Waals surface area (Å²) in [6.45, 7) is 6.34. The highest BCUT2D eigenvalue weighted by atomic mass is 19.1. The first kappa shape index (κ1) is 14.0. The van der Waals surface area contributed by atoms with Crippen LogP contribution in [-0.4, -0.2) is 35.4 Å². The zero-order valence-corrected chi connectivity index (χ0v) is 11.4. The second-order valence-corrected chi connectivity index (χ2v) is 6.06. The van der Waals surface area contributed by atoms with Crippen LogP contribution in [0.2, 0.25) is 0 Å². The van der Waals surface area contributed by atoms with Gasteiger partial charge in [-0.1, -0.05) is 13.8 Å². The van der Waals surface area contributed by atoms with E-state index in [2.05, 4.69) is 18.7 Å². The number of nitrogens with zero attached hydrogens (tertiary/aromatic N) is 1. The second kappa shape index (κ2) is 5.29. The summed E-state index contributed by atoms with van der Waals surface area (Å²) in [6.07, 6.45) is 2.22. The molecule has 104 valence electrons. The van der Waals surface area contributed by atoms with Crippen molar-refractivity contribution in [2.75, 3.05) is 19.6 Å². The Morgan fingerprint density at radius 3 is 2.89 bits per heavy atom. The molecule has 1 fully saturated rings. The molecular formula is C15H20FNO2. The van der Waals surface area contributed by atoms with Crippen LogP contribution in [0.1, 0.15) is 37.0 Å². The van der Waals surface area contributed by atoms with E-state index in [1.54, 1.807) is 0 Å². The lowest BCUT2D eigenvalue weighted by Crippen LogP contribution is -2.42. The van der Waals surface area contributed by atoms with Gasteiger partial charge in [0.25, 0.3) is 0 Å². The van der Waals surface area contributed by atoms with Gasteiger partial charge in [0.2, 0.25) is 0 Å². The third-order valence-corrected chi connectivity index (χ3v) is 3.61. The van der Waals surface area contributed by atoms with Gasteiger partial charge in [-0.25, -0.2) is 4.39 Å². The Bertz CT molecular complexity index is 485. The van der Waals surface area contributed by atoms with Gasteiger partial charge in [0.05, 0.1) is 12.1 Å². The van der Waals surface area contributed by atoms with Crippen LogP contribution in [0.5, 0.6) is 5.75 Å². The lowest BCUT2D eigenvalue weighted by Gasteiger charge is -2.37. The maximum absolute atomic E-state index is 13.1. The van der Waals surface area contributed by atoms with Crippen LogP contribution in [0.3, 0.4) is 0 Å². The summed E-state index contributed by atoms with van der Waals surface area (Å²) in [4.78, 5) is 14.2. The van der Waals surface area contributed by atoms with Gasteiger partial charge in [-0.2, -0.15) is 0 Å². The van der Waals surface area contributed by atoms with Crippen molar-refractivity contribution in [3.05, 3.63) is 29.6 Å². The summed E-state index contributed by atoms with van der Waals surface area (Å²) in [6, 6.07) is 3.48. The monoisotopic (exact) mass is 265 g/mol. The topological polar surface area (TPSA) is 40.5 Å². The van der Waals surface area contributed by atoms with E-state index in [0.717, 1.165) is 38.1 Å². The van der Waals surface area contributed by atoms with Gasteiger partial charge in [0, 0.05) is 6.54 Å². The fraction of sp³-hybridized carbons (Fsp3) is 0.533. The Morgan fingerprint density at radius 2 is 2.21 bits per heavy atom. The molecule has 0 spiro atoms. The molecule has 19 heavy (non-hydrogen) atoms. The lowest BCUT2D eigenvalue weighted by molar-refractivity contribution is 0.0807.